The first-order valence-electron chi connectivity index (χ1n) is 10.9. The summed E-state index contributed by atoms with van der Waals surface area (Å²) in [5, 5.41) is 11.6. The van der Waals surface area contributed by atoms with Gasteiger partial charge in [0.2, 0.25) is 0 Å². The van der Waals surface area contributed by atoms with E-state index in [4.69, 9.17) is 32.7 Å². The number of hydrogen-bond acceptors (Lipinski definition) is 6. The number of hydrogen-bond donors (Lipinski definition) is 1. The molecule has 1 fully saturated rings. The highest BCUT2D eigenvalue weighted by molar-refractivity contribution is 6.46. The molecule has 2 aromatic carbocycles. The highest BCUT2D eigenvalue weighted by Gasteiger charge is 2.46. The number of carbonyl (C=O) groups is 2. The molecular formula is C25H28Cl2N2O5. The van der Waals surface area contributed by atoms with Crippen LogP contribution in [0.5, 0.6) is 11.5 Å². The van der Waals surface area contributed by atoms with Gasteiger partial charge in [-0.15, -0.1) is 0 Å². The van der Waals surface area contributed by atoms with E-state index in [0.717, 1.165) is 13.1 Å². The minimum Gasteiger partial charge on any atom is -0.507 e. The molecule has 1 heterocycles. The van der Waals surface area contributed by atoms with Crippen molar-refractivity contribution in [1.29, 1.82) is 0 Å². The zero-order chi connectivity index (χ0) is 25.0. The number of likely N-dealkylation sites (N-methyl/N-ethyl adjacent to an activating group) is 1. The zero-order valence-electron chi connectivity index (χ0n) is 19.6. The molecule has 1 saturated heterocycles. The Hall–Kier alpha value is -2.74. The summed E-state index contributed by atoms with van der Waals surface area (Å²) in [5.74, 6) is -0.888. The molecule has 1 aliphatic rings. The number of aliphatic hydroxyl groups excluding tert-OH is 1. The van der Waals surface area contributed by atoms with Crippen molar-refractivity contribution in [3.63, 3.8) is 0 Å². The van der Waals surface area contributed by atoms with Gasteiger partial charge in [-0.25, -0.2) is 0 Å². The van der Waals surface area contributed by atoms with Gasteiger partial charge in [0.25, 0.3) is 11.7 Å². The average molecular weight is 507 g/mol. The summed E-state index contributed by atoms with van der Waals surface area (Å²) in [4.78, 5) is 29.9. The molecule has 0 radical (unpaired) electrons. The number of ether oxygens (including phenoxy) is 2. The van der Waals surface area contributed by atoms with E-state index in [1.807, 2.05) is 13.8 Å². The van der Waals surface area contributed by atoms with Crippen LogP contribution in [0, 0.1) is 0 Å². The zero-order valence-corrected chi connectivity index (χ0v) is 21.1. The molecule has 2 aromatic rings. The van der Waals surface area contributed by atoms with Gasteiger partial charge in [0.1, 0.15) is 11.5 Å². The van der Waals surface area contributed by atoms with E-state index in [2.05, 4.69) is 4.90 Å². The normalized spacial score (nSPS) is 17.5. The lowest BCUT2D eigenvalue weighted by atomic mass is 9.95. The number of methoxy groups -OCH3 is 2. The molecule has 3 rings (SSSR count). The standard InChI is InChI=1S/C25H28Cl2N2O5/c1-5-28(6-2)11-12-29-21(15-7-9-17(33-3)10-8-15)20(23(31)25(29)32)22(30)16-13-18(26)24(34-4)19(27)14-16/h7-10,13-14,21,30H,5-6,11-12H2,1-4H3/b22-20+. The van der Waals surface area contributed by atoms with E-state index < -0.39 is 17.7 Å². The minimum atomic E-state index is -0.777. The maximum Gasteiger partial charge on any atom is 0.295 e. The van der Waals surface area contributed by atoms with Crippen LogP contribution in [0.3, 0.4) is 0 Å². The maximum absolute atomic E-state index is 13.2. The van der Waals surface area contributed by atoms with Crippen LogP contribution in [-0.2, 0) is 9.59 Å². The van der Waals surface area contributed by atoms with Crippen LogP contribution in [0.1, 0.15) is 31.0 Å². The largest absolute Gasteiger partial charge is 0.507 e. The lowest BCUT2D eigenvalue weighted by Gasteiger charge is -2.28. The van der Waals surface area contributed by atoms with E-state index in [0.29, 0.717) is 24.4 Å². The second-order valence-corrected chi connectivity index (χ2v) is 8.58. The molecule has 1 amide bonds. The summed E-state index contributed by atoms with van der Waals surface area (Å²) in [5.41, 5.74) is 0.870. The summed E-state index contributed by atoms with van der Waals surface area (Å²) < 4.78 is 10.4. The molecule has 0 aliphatic carbocycles. The number of halogens is 2. The van der Waals surface area contributed by atoms with Crippen molar-refractivity contribution < 1.29 is 24.2 Å². The topological polar surface area (TPSA) is 79.3 Å². The molecule has 0 aromatic heterocycles. The molecule has 1 N–H and O–H groups in total. The predicted octanol–water partition coefficient (Wildman–Crippen LogP) is 4.77. The van der Waals surface area contributed by atoms with Crippen LogP contribution in [-0.4, -0.2) is 67.0 Å². The fraction of sp³-hybridized carbons (Fsp3) is 0.360. The number of likely N-dealkylation sites (tertiary alicyclic amines) is 1. The van der Waals surface area contributed by atoms with E-state index in [1.54, 1.807) is 31.4 Å². The van der Waals surface area contributed by atoms with E-state index in [9.17, 15) is 14.7 Å². The van der Waals surface area contributed by atoms with Crippen molar-refractivity contribution in [2.75, 3.05) is 40.4 Å². The highest BCUT2D eigenvalue weighted by Crippen LogP contribution is 2.42. The van der Waals surface area contributed by atoms with Crippen LogP contribution in [0.2, 0.25) is 10.0 Å². The molecule has 0 saturated carbocycles. The Morgan fingerprint density at radius 3 is 2.12 bits per heavy atom. The Kier molecular flexibility index (Phi) is 8.47. The first-order valence-corrected chi connectivity index (χ1v) is 11.7. The molecule has 0 bridgehead atoms. The second kappa shape index (κ2) is 11.1. The van der Waals surface area contributed by atoms with E-state index in [-0.39, 0.29) is 32.7 Å². The third-order valence-corrected chi connectivity index (χ3v) is 6.56. The first kappa shape index (κ1) is 25.9. The number of Topliss-reactive ketones (excluding diaryl/α,β-unsaturated/α-hetero) is 1. The molecule has 9 heteroatoms. The van der Waals surface area contributed by atoms with Crippen LogP contribution in [0.25, 0.3) is 5.76 Å². The Bertz CT molecular complexity index is 1070. The summed E-state index contributed by atoms with van der Waals surface area (Å²) in [6.45, 7) is 6.62. The monoisotopic (exact) mass is 506 g/mol. The van der Waals surface area contributed by atoms with Gasteiger partial charge in [-0.1, -0.05) is 49.2 Å². The molecule has 7 nitrogen and oxygen atoms in total. The van der Waals surface area contributed by atoms with Gasteiger partial charge < -0.3 is 24.4 Å². The fourth-order valence-corrected chi connectivity index (χ4v) is 4.72. The van der Waals surface area contributed by atoms with Gasteiger partial charge >= 0.3 is 0 Å². The van der Waals surface area contributed by atoms with Gasteiger partial charge in [0.05, 0.1) is 35.9 Å². The average Bonchev–Trinajstić information content (AvgIpc) is 3.09. The summed E-state index contributed by atoms with van der Waals surface area (Å²) >= 11 is 12.5. The van der Waals surface area contributed by atoms with Gasteiger partial charge in [-0.2, -0.15) is 0 Å². The Labute approximate surface area is 209 Å². The number of ketones is 1. The van der Waals surface area contributed by atoms with Crippen molar-refractivity contribution in [3.05, 3.63) is 63.1 Å². The van der Waals surface area contributed by atoms with Crippen LogP contribution >= 0.6 is 23.2 Å². The van der Waals surface area contributed by atoms with Crippen molar-refractivity contribution in [3.8, 4) is 11.5 Å². The SMILES string of the molecule is CCN(CC)CCN1C(=O)C(=O)/C(=C(/O)c2cc(Cl)c(OC)c(Cl)c2)C1c1ccc(OC)cc1. The fourth-order valence-electron chi connectivity index (χ4n) is 4.08. The molecule has 182 valence electrons. The second-order valence-electron chi connectivity index (χ2n) is 7.77. The Morgan fingerprint density at radius 2 is 1.62 bits per heavy atom. The van der Waals surface area contributed by atoms with Crippen molar-refractivity contribution >= 4 is 40.7 Å². The van der Waals surface area contributed by atoms with Gasteiger partial charge in [-0.3, -0.25) is 9.59 Å². The third-order valence-electron chi connectivity index (χ3n) is 6.00. The first-order chi connectivity index (χ1) is 16.3. The van der Waals surface area contributed by atoms with E-state index in [1.165, 1.54) is 24.1 Å². The number of nitrogens with zero attached hydrogens (tertiary/aromatic N) is 2. The van der Waals surface area contributed by atoms with Crippen molar-refractivity contribution in [1.82, 2.24) is 9.80 Å². The molecule has 1 unspecified atom stereocenters. The summed E-state index contributed by atoms with van der Waals surface area (Å²) in [7, 11) is 2.99. The minimum absolute atomic E-state index is 0.0213. The Morgan fingerprint density at radius 1 is 1.03 bits per heavy atom. The number of benzene rings is 2. The van der Waals surface area contributed by atoms with Gasteiger partial charge in [0.15, 0.2) is 5.75 Å². The van der Waals surface area contributed by atoms with Crippen LogP contribution in [0.15, 0.2) is 42.0 Å². The third kappa shape index (κ3) is 5.02. The number of rotatable bonds is 9. The van der Waals surface area contributed by atoms with Crippen molar-refractivity contribution in [2.24, 2.45) is 0 Å². The molecule has 0 spiro atoms. The molecule has 34 heavy (non-hydrogen) atoms. The molecule has 1 aliphatic heterocycles. The lowest BCUT2D eigenvalue weighted by Crippen LogP contribution is -2.38. The molecule has 1 atom stereocenters. The summed E-state index contributed by atoms with van der Waals surface area (Å²) in [6.07, 6.45) is 0. The number of amides is 1. The van der Waals surface area contributed by atoms with E-state index >= 15 is 0 Å². The number of aliphatic hydroxyl groups is 1. The van der Waals surface area contributed by atoms with Gasteiger partial charge in [-0.05, 0) is 42.9 Å². The highest BCUT2D eigenvalue weighted by atomic mass is 35.5. The van der Waals surface area contributed by atoms with Crippen LogP contribution in [0.4, 0.5) is 0 Å². The maximum atomic E-state index is 13.2. The lowest BCUT2D eigenvalue weighted by molar-refractivity contribution is -0.140. The smallest absolute Gasteiger partial charge is 0.295 e. The number of carbonyl (C=O) groups excluding carboxylic acids is 2. The van der Waals surface area contributed by atoms with Gasteiger partial charge in [0, 0.05) is 18.7 Å². The molecular weight excluding hydrogens is 479 g/mol. The van der Waals surface area contributed by atoms with Crippen LogP contribution < -0.4 is 9.47 Å². The Balaban J connectivity index is 2.14. The van der Waals surface area contributed by atoms with Crippen molar-refractivity contribution in [2.45, 2.75) is 19.9 Å². The summed E-state index contributed by atoms with van der Waals surface area (Å²) in [6, 6.07) is 9.19. The predicted molar refractivity (Wildman–Crippen MR) is 133 cm³/mol. The quantitative estimate of drug-likeness (QED) is 0.299.